The summed E-state index contributed by atoms with van der Waals surface area (Å²) >= 11 is 0. The van der Waals surface area contributed by atoms with Gasteiger partial charge in [0.05, 0.1) is 7.11 Å². The van der Waals surface area contributed by atoms with E-state index in [1.54, 1.807) is 4.68 Å². The van der Waals surface area contributed by atoms with Crippen molar-refractivity contribution in [2.24, 2.45) is 0 Å². The van der Waals surface area contributed by atoms with Crippen LogP contribution in [0.3, 0.4) is 0 Å². The number of anilines is 2. The van der Waals surface area contributed by atoms with Crippen molar-refractivity contribution < 1.29 is 9.53 Å². The lowest BCUT2D eigenvalue weighted by Crippen LogP contribution is -2.45. The first-order chi connectivity index (χ1) is 10.1. The molecule has 1 aliphatic heterocycles. The Morgan fingerprint density at radius 2 is 2.00 bits per heavy atom. The van der Waals surface area contributed by atoms with E-state index in [1.807, 2.05) is 0 Å². The average Bonchev–Trinajstić information content (AvgIpc) is 2.82. The summed E-state index contributed by atoms with van der Waals surface area (Å²) in [6.07, 6.45) is 2.03. The number of aryl methyl sites for hydroxylation is 1. The minimum atomic E-state index is -0.413. The highest BCUT2D eigenvalue weighted by Gasteiger charge is 2.28. The smallest absolute Gasteiger partial charge is 0.345 e. The molecule has 1 saturated heterocycles. The zero-order chi connectivity index (χ0) is 15.4. The molecule has 0 aliphatic carbocycles. The molecule has 1 aromatic rings. The number of unbranched alkanes of at least 4 members (excludes halogenated alkanes) is 1. The molecule has 0 aromatic carbocycles. The molecule has 7 nitrogen and oxygen atoms in total. The van der Waals surface area contributed by atoms with E-state index in [2.05, 4.69) is 28.9 Å². The normalized spacial score (nSPS) is 16.2. The Morgan fingerprint density at radius 3 is 2.57 bits per heavy atom. The van der Waals surface area contributed by atoms with E-state index in [9.17, 15) is 4.79 Å². The van der Waals surface area contributed by atoms with Crippen molar-refractivity contribution in [2.75, 3.05) is 51.0 Å². The van der Waals surface area contributed by atoms with Crippen LogP contribution >= 0.6 is 0 Å². The van der Waals surface area contributed by atoms with Crippen molar-refractivity contribution in [3.63, 3.8) is 0 Å². The van der Waals surface area contributed by atoms with Crippen LogP contribution in [-0.2, 0) is 11.3 Å². The number of rotatable bonds is 5. The van der Waals surface area contributed by atoms with Crippen LogP contribution in [0.2, 0.25) is 0 Å². The van der Waals surface area contributed by atoms with E-state index in [0.717, 1.165) is 45.6 Å². The first-order valence-electron chi connectivity index (χ1n) is 7.46. The van der Waals surface area contributed by atoms with Crippen molar-refractivity contribution >= 4 is 17.6 Å². The number of piperazine rings is 1. The predicted octanol–water partition coefficient (Wildman–Crippen LogP) is 0.804. The first-order valence-corrected chi connectivity index (χ1v) is 7.46. The number of esters is 1. The molecule has 0 saturated carbocycles. The van der Waals surface area contributed by atoms with Crippen LogP contribution in [0, 0.1) is 0 Å². The van der Waals surface area contributed by atoms with Crippen LogP contribution in [0.15, 0.2) is 0 Å². The molecule has 118 valence electrons. The molecule has 7 heteroatoms. The number of hydrogen-bond acceptors (Lipinski definition) is 6. The fourth-order valence-electron chi connectivity index (χ4n) is 2.48. The lowest BCUT2D eigenvalue weighted by molar-refractivity contribution is 0.0602. The molecule has 1 aromatic heterocycles. The van der Waals surface area contributed by atoms with Crippen LogP contribution < -0.4 is 10.6 Å². The third-order valence-corrected chi connectivity index (χ3v) is 3.89. The summed E-state index contributed by atoms with van der Waals surface area (Å²) in [5.41, 5.74) is 6.52. The van der Waals surface area contributed by atoms with E-state index in [-0.39, 0.29) is 0 Å². The maximum Gasteiger partial charge on any atom is 0.345 e. The van der Waals surface area contributed by atoms with E-state index < -0.39 is 5.97 Å². The third-order valence-electron chi connectivity index (χ3n) is 3.89. The number of nitrogen functional groups attached to an aromatic ring is 1. The number of likely N-dealkylation sites (N-methyl/N-ethyl adjacent to an activating group) is 1. The summed E-state index contributed by atoms with van der Waals surface area (Å²) in [6.45, 7) is 6.41. The fourth-order valence-corrected chi connectivity index (χ4v) is 2.48. The van der Waals surface area contributed by atoms with Gasteiger partial charge in [0.25, 0.3) is 0 Å². The summed E-state index contributed by atoms with van der Waals surface area (Å²) < 4.78 is 6.60. The van der Waals surface area contributed by atoms with Crippen molar-refractivity contribution in [3.05, 3.63) is 5.56 Å². The number of carbonyl (C=O) groups excluding carboxylic acids is 1. The Morgan fingerprint density at radius 1 is 1.33 bits per heavy atom. The molecule has 0 radical (unpaired) electrons. The minimum Gasteiger partial charge on any atom is -0.465 e. The number of ether oxygens (including phenoxy) is 1. The van der Waals surface area contributed by atoms with Crippen molar-refractivity contribution in [2.45, 2.75) is 26.3 Å². The average molecular weight is 295 g/mol. The quantitative estimate of drug-likeness (QED) is 0.810. The van der Waals surface area contributed by atoms with Gasteiger partial charge in [0.15, 0.2) is 5.82 Å². The summed E-state index contributed by atoms with van der Waals surface area (Å²) in [6, 6.07) is 0. The van der Waals surface area contributed by atoms with E-state index >= 15 is 0 Å². The van der Waals surface area contributed by atoms with Crippen LogP contribution in [0.1, 0.15) is 30.1 Å². The highest BCUT2D eigenvalue weighted by molar-refractivity contribution is 5.99. The number of nitrogens with two attached hydrogens (primary N) is 1. The molecule has 0 amide bonds. The Labute approximate surface area is 125 Å². The van der Waals surface area contributed by atoms with Gasteiger partial charge in [-0.25, -0.2) is 9.48 Å². The molecular weight excluding hydrogens is 270 g/mol. The summed E-state index contributed by atoms with van der Waals surface area (Å²) in [4.78, 5) is 16.4. The Bertz CT molecular complexity index is 492. The van der Waals surface area contributed by atoms with Crippen LogP contribution in [0.5, 0.6) is 0 Å². The van der Waals surface area contributed by atoms with Gasteiger partial charge in [-0.3, -0.25) is 0 Å². The molecule has 2 rings (SSSR count). The Balaban J connectivity index is 2.31. The fraction of sp³-hybridized carbons (Fsp3) is 0.714. The molecule has 1 aliphatic rings. The second kappa shape index (κ2) is 6.80. The Kier molecular flexibility index (Phi) is 5.06. The second-order valence-electron chi connectivity index (χ2n) is 5.44. The van der Waals surface area contributed by atoms with E-state index in [4.69, 9.17) is 10.5 Å². The van der Waals surface area contributed by atoms with Gasteiger partial charge in [-0.1, -0.05) is 13.3 Å². The summed E-state index contributed by atoms with van der Waals surface area (Å²) in [5.74, 6) is 0.650. The standard InChI is InChI=1S/C14H25N5O2/c1-4-5-6-19-12(15)11(14(20)21-3)13(16-19)18-9-7-17(2)8-10-18/h4-10,15H2,1-3H3. The maximum atomic E-state index is 12.1. The largest absolute Gasteiger partial charge is 0.465 e. The van der Waals surface area contributed by atoms with Gasteiger partial charge < -0.3 is 20.3 Å². The molecule has 21 heavy (non-hydrogen) atoms. The second-order valence-corrected chi connectivity index (χ2v) is 5.44. The molecule has 2 heterocycles. The summed E-state index contributed by atoms with van der Waals surface area (Å²) in [7, 11) is 3.46. The minimum absolute atomic E-state index is 0.401. The zero-order valence-electron chi connectivity index (χ0n) is 13.1. The first kappa shape index (κ1) is 15.6. The van der Waals surface area contributed by atoms with Gasteiger partial charge in [-0.2, -0.15) is 5.10 Å². The lowest BCUT2D eigenvalue weighted by Gasteiger charge is -2.32. The van der Waals surface area contributed by atoms with Crippen LogP contribution in [0.25, 0.3) is 0 Å². The third kappa shape index (κ3) is 3.29. The number of nitrogens with zero attached hydrogens (tertiary/aromatic N) is 4. The van der Waals surface area contributed by atoms with Gasteiger partial charge in [0.1, 0.15) is 11.4 Å². The number of methoxy groups -OCH3 is 1. The number of aromatic nitrogens is 2. The van der Waals surface area contributed by atoms with Gasteiger partial charge in [-0.05, 0) is 13.5 Å². The monoisotopic (exact) mass is 295 g/mol. The van der Waals surface area contributed by atoms with Crippen LogP contribution in [0.4, 0.5) is 11.6 Å². The summed E-state index contributed by atoms with van der Waals surface area (Å²) in [5, 5.41) is 4.56. The molecular formula is C14H25N5O2. The van der Waals surface area contributed by atoms with Crippen molar-refractivity contribution in [1.82, 2.24) is 14.7 Å². The Hall–Kier alpha value is -1.76. The molecule has 1 fully saturated rings. The maximum absolute atomic E-state index is 12.1. The molecule has 0 bridgehead atoms. The molecule has 0 atom stereocenters. The van der Waals surface area contributed by atoms with E-state index in [1.165, 1.54) is 7.11 Å². The van der Waals surface area contributed by atoms with Gasteiger partial charge in [-0.15, -0.1) is 0 Å². The van der Waals surface area contributed by atoms with Gasteiger partial charge >= 0.3 is 5.97 Å². The van der Waals surface area contributed by atoms with Gasteiger partial charge in [0, 0.05) is 32.7 Å². The number of hydrogen-bond donors (Lipinski definition) is 1. The number of carbonyl (C=O) groups is 1. The SMILES string of the molecule is CCCCn1nc(N2CCN(C)CC2)c(C(=O)OC)c1N. The van der Waals surface area contributed by atoms with Crippen molar-refractivity contribution in [3.8, 4) is 0 Å². The zero-order valence-corrected chi connectivity index (χ0v) is 13.1. The molecule has 2 N–H and O–H groups in total. The van der Waals surface area contributed by atoms with Crippen molar-refractivity contribution in [1.29, 1.82) is 0 Å². The van der Waals surface area contributed by atoms with Crippen LogP contribution in [-0.4, -0.2) is 61.0 Å². The van der Waals surface area contributed by atoms with Gasteiger partial charge in [0.2, 0.25) is 0 Å². The highest BCUT2D eigenvalue weighted by atomic mass is 16.5. The highest BCUT2D eigenvalue weighted by Crippen LogP contribution is 2.27. The topological polar surface area (TPSA) is 76.6 Å². The lowest BCUT2D eigenvalue weighted by atomic mass is 10.2. The predicted molar refractivity (Wildman–Crippen MR) is 82.6 cm³/mol. The molecule has 0 spiro atoms. The van der Waals surface area contributed by atoms with E-state index in [0.29, 0.717) is 17.2 Å². The molecule has 0 unspecified atom stereocenters.